The number of hydrogen-bond donors (Lipinski definition) is 2. The summed E-state index contributed by atoms with van der Waals surface area (Å²) in [7, 11) is 1.91. The van der Waals surface area contributed by atoms with E-state index >= 15 is 0 Å². The smallest absolute Gasteiger partial charge is 0.0641 e. The lowest BCUT2D eigenvalue weighted by atomic mass is 10.1. The van der Waals surface area contributed by atoms with Gasteiger partial charge in [0.1, 0.15) is 0 Å². The van der Waals surface area contributed by atoms with Crippen LogP contribution in [-0.2, 0) is 7.05 Å². The van der Waals surface area contributed by atoms with E-state index in [0.717, 1.165) is 11.3 Å². The van der Waals surface area contributed by atoms with E-state index < -0.39 is 0 Å². The van der Waals surface area contributed by atoms with Gasteiger partial charge >= 0.3 is 0 Å². The number of nitrogens with one attached hydrogen (secondary N) is 1. The van der Waals surface area contributed by atoms with Crippen molar-refractivity contribution in [1.82, 2.24) is 15.1 Å². The Bertz CT molecular complexity index is 370. The van der Waals surface area contributed by atoms with Crippen LogP contribution in [0.3, 0.4) is 0 Å². The molecule has 4 heteroatoms. The van der Waals surface area contributed by atoms with Gasteiger partial charge in [-0.3, -0.25) is 10.00 Å². The third kappa shape index (κ3) is 3.08. The molecule has 1 unspecified atom stereocenters. The average Bonchev–Trinajstić information content (AvgIpc) is 2.53. The summed E-state index contributed by atoms with van der Waals surface area (Å²) in [4.78, 5) is 0. The number of aromatic nitrogens is 2. The summed E-state index contributed by atoms with van der Waals surface area (Å²) in [6.07, 6.45) is 2.00. The van der Waals surface area contributed by atoms with E-state index in [1.807, 2.05) is 27.1 Å². The summed E-state index contributed by atoms with van der Waals surface area (Å²) in [6, 6.07) is 0.138. The summed E-state index contributed by atoms with van der Waals surface area (Å²) in [5.41, 5.74) is 7.89. The molecule has 3 N–H and O–H groups in total. The molecule has 0 aliphatic rings. The van der Waals surface area contributed by atoms with Crippen LogP contribution in [0.2, 0.25) is 0 Å². The van der Waals surface area contributed by atoms with Gasteiger partial charge in [0.05, 0.1) is 12.2 Å². The zero-order valence-corrected chi connectivity index (χ0v) is 9.54. The molecule has 0 aliphatic heterocycles. The second kappa shape index (κ2) is 5.54. The second-order valence-electron chi connectivity index (χ2n) is 3.44. The van der Waals surface area contributed by atoms with Crippen molar-refractivity contribution in [2.75, 3.05) is 13.1 Å². The van der Waals surface area contributed by atoms with E-state index in [-0.39, 0.29) is 6.04 Å². The van der Waals surface area contributed by atoms with Crippen LogP contribution in [0, 0.1) is 18.8 Å². The zero-order chi connectivity index (χ0) is 11.3. The molecule has 1 aromatic heterocycles. The van der Waals surface area contributed by atoms with Crippen LogP contribution in [0.25, 0.3) is 0 Å². The number of hydrogen-bond acceptors (Lipinski definition) is 3. The fourth-order valence-electron chi connectivity index (χ4n) is 1.54. The number of rotatable bonds is 4. The minimum absolute atomic E-state index is 0.138. The topological polar surface area (TPSA) is 55.9 Å². The highest BCUT2D eigenvalue weighted by Crippen LogP contribution is 2.14. The number of aryl methyl sites for hydroxylation is 2. The highest BCUT2D eigenvalue weighted by molar-refractivity contribution is 5.20. The molecular formula is C11H18N4. The molecule has 4 nitrogen and oxygen atoms in total. The Hall–Kier alpha value is -1.31. The molecule has 1 atom stereocenters. The van der Waals surface area contributed by atoms with Gasteiger partial charge in [0.2, 0.25) is 0 Å². The summed E-state index contributed by atoms with van der Waals surface area (Å²) in [5.74, 6) is 5.81. The Labute approximate surface area is 90.8 Å². The average molecular weight is 206 g/mol. The highest BCUT2D eigenvalue weighted by atomic mass is 15.3. The minimum atomic E-state index is 0.138. The zero-order valence-electron chi connectivity index (χ0n) is 9.54. The Kier molecular flexibility index (Phi) is 4.35. The molecule has 0 aliphatic carbocycles. The third-order valence-corrected chi connectivity index (χ3v) is 2.28. The summed E-state index contributed by atoms with van der Waals surface area (Å²) in [6.45, 7) is 5.03. The fraction of sp³-hybridized carbons (Fsp3) is 0.545. The van der Waals surface area contributed by atoms with Crippen molar-refractivity contribution in [3.8, 4) is 11.8 Å². The van der Waals surface area contributed by atoms with Crippen LogP contribution in [0.5, 0.6) is 0 Å². The van der Waals surface area contributed by atoms with Crippen molar-refractivity contribution in [2.45, 2.75) is 19.9 Å². The van der Waals surface area contributed by atoms with Gasteiger partial charge in [-0.1, -0.05) is 5.92 Å². The summed E-state index contributed by atoms with van der Waals surface area (Å²) < 4.78 is 1.81. The molecule has 0 saturated heterocycles. The van der Waals surface area contributed by atoms with Crippen molar-refractivity contribution in [2.24, 2.45) is 12.8 Å². The van der Waals surface area contributed by atoms with E-state index in [2.05, 4.69) is 22.3 Å². The van der Waals surface area contributed by atoms with Crippen LogP contribution >= 0.6 is 0 Å². The monoisotopic (exact) mass is 206 g/mol. The molecule has 0 spiro atoms. The van der Waals surface area contributed by atoms with E-state index in [0.29, 0.717) is 13.1 Å². The predicted octanol–water partition coefficient (Wildman–Crippen LogP) is 0.341. The molecule has 0 aromatic carbocycles. The van der Waals surface area contributed by atoms with Crippen LogP contribution in [-0.4, -0.2) is 22.9 Å². The molecule has 82 valence electrons. The Balaban J connectivity index is 2.72. The first kappa shape index (κ1) is 11.8. The SMILES string of the molecule is CC#CCNC(CN)c1cn(C)nc1C. The van der Waals surface area contributed by atoms with Crippen molar-refractivity contribution < 1.29 is 0 Å². The molecule has 15 heavy (non-hydrogen) atoms. The molecule has 0 amide bonds. The summed E-state index contributed by atoms with van der Waals surface area (Å²) in [5, 5.41) is 7.58. The van der Waals surface area contributed by atoms with Crippen LogP contribution in [0.4, 0.5) is 0 Å². The van der Waals surface area contributed by atoms with Gasteiger partial charge in [-0.05, 0) is 13.8 Å². The van der Waals surface area contributed by atoms with Gasteiger partial charge < -0.3 is 5.73 Å². The lowest BCUT2D eigenvalue weighted by Gasteiger charge is -2.13. The van der Waals surface area contributed by atoms with Gasteiger partial charge in [0.25, 0.3) is 0 Å². The maximum atomic E-state index is 5.72. The Morgan fingerprint density at radius 2 is 2.40 bits per heavy atom. The van der Waals surface area contributed by atoms with E-state index in [1.165, 1.54) is 0 Å². The Morgan fingerprint density at radius 1 is 1.67 bits per heavy atom. The molecule has 0 fully saturated rings. The first-order valence-corrected chi connectivity index (χ1v) is 5.02. The van der Waals surface area contributed by atoms with Crippen LogP contribution in [0.15, 0.2) is 6.20 Å². The minimum Gasteiger partial charge on any atom is -0.329 e. The number of nitrogens with two attached hydrogens (primary N) is 1. The lowest BCUT2D eigenvalue weighted by Crippen LogP contribution is -2.28. The van der Waals surface area contributed by atoms with Crippen molar-refractivity contribution in [3.05, 3.63) is 17.5 Å². The van der Waals surface area contributed by atoms with Gasteiger partial charge in [-0.2, -0.15) is 5.10 Å². The van der Waals surface area contributed by atoms with E-state index in [9.17, 15) is 0 Å². The van der Waals surface area contributed by atoms with E-state index in [1.54, 1.807) is 4.68 Å². The van der Waals surface area contributed by atoms with Crippen LogP contribution in [0.1, 0.15) is 24.2 Å². The third-order valence-electron chi connectivity index (χ3n) is 2.28. The standard InChI is InChI=1S/C11H18N4/c1-4-5-6-13-11(7-12)10-8-15(3)14-9(10)2/h8,11,13H,6-7,12H2,1-3H3. The van der Waals surface area contributed by atoms with E-state index in [4.69, 9.17) is 5.73 Å². The highest BCUT2D eigenvalue weighted by Gasteiger charge is 2.13. The summed E-state index contributed by atoms with van der Waals surface area (Å²) >= 11 is 0. The van der Waals surface area contributed by atoms with Gasteiger partial charge in [0.15, 0.2) is 0 Å². The van der Waals surface area contributed by atoms with Crippen LogP contribution < -0.4 is 11.1 Å². The molecule has 0 bridgehead atoms. The quantitative estimate of drug-likeness (QED) is 0.699. The maximum absolute atomic E-state index is 5.72. The van der Waals surface area contributed by atoms with Crippen molar-refractivity contribution in [1.29, 1.82) is 0 Å². The second-order valence-corrected chi connectivity index (χ2v) is 3.44. The first-order chi connectivity index (χ1) is 7.19. The molecule has 1 heterocycles. The fourth-order valence-corrected chi connectivity index (χ4v) is 1.54. The Morgan fingerprint density at radius 3 is 2.87 bits per heavy atom. The molecule has 1 rings (SSSR count). The van der Waals surface area contributed by atoms with Gasteiger partial charge in [0, 0.05) is 31.4 Å². The maximum Gasteiger partial charge on any atom is 0.0641 e. The molecule has 1 aromatic rings. The predicted molar refractivity (Wildman–Crippen MR) is 61.2 cm³/mol. The molecule has 0 radical (unpaired) electrons. The lowest BCUT2D eigenvalue weighted by molar-refractivity contribution is 0.579. The van der Waals surface area contributed by atoms with Crippen molar-refractivity contribution >= 4 is 0 Å². The number of nitrogens with zero attached hydrogens (tertiary/aromatic N) is 2. The first-order valence-electron chi connectivity index (χ1n) is 5.02. The molecular weight excluding hydrogens is 188 g/mol. The normalized spacial score (nSPS) is 12.0. The van der Waals surface area contributed by atoms with Gasteiger partial charge in [-0.25, -0.2) is 0 Å². The largest absolute Gasteiger partial charge is 0.329 e. The van der Waals surface area contributed by atoms with Gasteiger partial charge in [-0.15, -0.1) is 5.92 Å². The van der Waals surface area contributed by atoms with Crippen molar-refractivity contribution in [3.63, 3.8) is 0 Å². The molecule has 0 saturated carbocycles.